The average molecular weight is 274 g/mol. The van der Waals surface area contributed by atoms with E-state index < -0.39 is 5.91 Å². The van der Waals surface area contributed by atoms with Gasteiger partial charge in [-0.15, -0.1) is 11.3 Å². The fraction of sp³-hybridized carbons (Fsp3) is 0.286. The minimum absolute atomic E-state index is 0.294. The molecule has 2 N–H and O–H groups in total. The van der Waals surface area contributed by atoms with Crippen LogP contribution in [0.4, 0.5) is 0 Å². The molecule has 5 heteroatoms. The first kappa shape index (κ1) is 12.2. The Labute approximate surface area is 115 Å². The Morgan fingerprint density at radius 1 is 1.42 bits per heavy atom. The van der Waals surface area contributed by atoms with E-state index in [2.05, 4.69) is 10.4 Å². The molecule has 98 valence electrons. The van der Waals surface area contributed by atoms with Crippen LogP contribution in [0, 0.1) is 0 Å². The second-order valence-electron chi connectivity index (χ2n) is 4.52. The van der Waals surface area contributed by atoms with Crippen LogP contribution in [0.25, 0.3) is 11.3 Å². The largest absolute Gasteiger partial charge is 0.480 e. The molecule has 1 aliphatic rings. The molecule has 0 unspecified atom stereocenters. The lowest BCUT2D eigenvalue weighted by Crippen LogP contribution is -2.13. The maximum absolute atomic E-state index is 11.3. The van der Waals surface area contributed by atoms with Gasteiger partial charge in [0.1, 0.15) is 5.56 Å². The third kappa shape index (κ3) is 2.00. The molecule has 0 aliphatic heterocycles. The summed E-state index contributed by atoms with van der Waals surface area (Å²) in [6.07, 6.45) is 3.48. The Morgan fingerprint density at radius 2 is 2.26 bits per heavy atom. The fourth-order valence-electron chi connectivity index (χ4n) is 2.48. The van der Waals surface area contributed by atoms with Crippen LogP contribution < -0.4 is 10.5 Å². The normalized spacial score (nSPS) is 13.3. The minimum atomic E-state index is -0.522. The Balaban J connectivity index is 2.08. The highest BCUT2D eigenvalue weighted by atomic mass is 32.1. The number of carbonyl (C=O) groups is 1. The number of methoxy groups -OCH3 is 1. The molecule has 0 fully saturated rings. The molecule has 0 saturated carbocycles. The second-order valence-corrected chi connectivity index (χ2v) is 5.49. The molecule has 2 heterocycles. The Morgan fingerprint density at radius 3 is 3.00 bits per heavy atom. The number of aromatic nitrogens is 1. The van der Waals surface area contributed by atoms with Crippen molar-refractivity contribution >= 4 is 17.2 Å². The molecule has 2 aromatic heterocycles. The van der Waals surface area contributed by atoms with Crippen molar-refractivity contribution in [3.63, 3.8) is 0 Å². The van der Waals surface area contributed by atoms with Gasteiger partial charge in [0, 0.05) is 15.8 Å². The number of hydrogen-bond donors (Lipinski definition) is 1. The summed E-state index contributed by atoms with van der Waals surface area (Å²) in [6.45, 7) is 0. The predicted octanol–water partition coefficient (Wildman–Crippen LogP) is 2.41. The summed E-state index contributed by atoms with van der Waals surface area (Å²) >= 11 is 1.79. The zero-order chi connectivity index (χ0) is 13.4. The van der Waals surface area contributed by atoms with E-state index in [4.69, 9.17) is 10.5 Å². The molecule has 0 radical (unpaired) electrons. The van der Waals surface area contributed by atoms with Crippen LogP contribution in [0.15, 0.2) is 17.5 Å². The minimum Gasteiger partial charge on any atom is -0.480 e. The lowest BCUT2D eigenvalue weighted by atomic mass is 10.1. The van der Waals surface area contributed by atoms with Crippen LogP contribution >= 0.6 is 11.3 Å². The summed E-state index contributed by atoms with van der Waals surface area (Å²) in [5.41, 5.74) is 9.01. The number of nitrogens with zero attached hydrogens (tertiary/aromatic N) is 1. The van der Waals surface area contributed by atoms with E-state index in [1.54, 1.807) is 17.4 Å². The van der Waals surface area contributed by atoms with E-state index in [1.807, 2.05) is 6.07 Å². The first-order chi connectivity index (χ1) is 9.20. The second kappa shape index (κ2) is 4.66. The Kier molecular flexibility index (Phi) is 2.98. The lowest BCUT2D eigenvalue weighted by Gasteiger charge is -2.07. The van der Waals surface area contributed by atoms with Crippen LogP contribution in [0.5, 0.6) is 5.88 Å². The molecule has 2 aromatic rings. The Hall–Kier alpha value is -1.88. The highest BCUT2D eigenvalue weighted by Gasteiger charge is 2.20. The van der Waals surface area contributed by atoms with Gasteiger partial charge in [0.15, 0.2) is 0 Å². The number of rotatable bonds is 3. The number of primary amides is 1. The van der Waals surface area contributed by atoms with Crippen molar-refractivity contribution in [2.75, 3.05) is 7.11 Å². The molecule has 0 bridgehead atoms. The third-order valence-electron chi connectivity index (χ3n) is 3.41. The number of nitrogens with two attached hydrogens (primary N) is 1. The monoisotopic (exact) mass is 274 g/mol. The van der Waals surface area contributed by atoms with Gasteiger partial charge in [-0.1, -0.05) is 0 Å². The standard InChI is InChI=1S/C14H14N2O2S/c1-18-14-9(13(15)17)5-6-11(16-14)10-7-19-12-4-2-3-8(10)12/h5-7H,2-4H2,1H3,(H2,15,17). The van der Waals surface area contributed by atoms with Crippen LogP contribution in [0.3, 0.4) is 0 Å². The molecule has 0 aromatic carbocycles. The molecular formula is C14H14N2O2S. The molecule has 3 rings (SSSR count). The van der Waals surface area contributed by atoms with E-state index in [-0.39, 0.29) is 0 Å². The summed E-state index contributed by atoms with van der Waals surface area (Å²) < 4.78 is 5.16. The fourth-order valence-corrected chi connectivity index (χ4v) is 3.62. The molecule has 0 atom stereocenters. The van der Waals surface area contributed by atoms with Gasteiger partial charge in [-0.2, -0.15) is 0 Å². The number of fused-ring (bicyclic) bond motifs is 1. The van der Waals surface area contributed by atoms with Gasteiger partial charge in [-0.3, -0.25) is 4.79 Å². The smallest absolute Gasteiger partial charge is 0.254 e. The van der Waals surface area contributed by atoms with Crippen molar-refractivity contribution in [1.82, 2.24) is 4.98 Å². The quantitative estimate of drug-likeness (QED) is 0.934. The molecular weight excluding hydrogens is 260 g/mol. The molecule has 0 spiro atoms. The van der Waals surface area contributed by atoms with E-state index in [0.29, 0.717) is 11.4 Å². The van der Waals surface area contributed by atoms with Gasteiger partial charge < -0.3 is 10.5 Å². The maximum Gasteiger partial charge on any atom is 0.254 e. The van der Waals surface area contributed by atoms with E-state index in [1.165, 1.54) is 24.0 Å². The van der Waals surface area contributed by atoms with E-state index in [0.717, 1.165) is 24.1 Å². The number of pyridine rings is 1. The first-order valence-corrected chi connectivity index (χ1v) is 7.03. The lowest BCUT2D eigenvalue weighted by molar-refractivity contribution is 0.0996. The van der Waals surface area contributed by atoms with E-state index >= 15 is 0 Å². The molecule has 1 amide bonds. The highest BCUT2D eigenvalue weighted by Crippen LogP contribution is 2.37. The van der Waals surface area contributed by atoms with Crippen LogP contribution in [-0.4, -0.2) is 18.0 Å². The number of amides is 1. The van der Waals surface area contributed by atoms with Crippen LogP contribution in [0.1, 0.15) is 27.2 Å². The van der Waals surface area contributed by atoms with Crippen molar-refractivity contribution in [3.8, 4) is 17.1 Å². The van der Waals surface area contributed by atoms with Crippen molar-refractivity contribution in [2.45, 2.75) is 19.3 Å². The zero-order valence-corrected chi connectivity index (χ0v) is 11.4. The summed E-state index contributed by atoms with van der Waals surface area (Å²) in [5, 5.41) is 2.13. The van der Waals surface area contributed by atoms with Crippen molar-refractivity contribution in [1.29, 1.82) is 0 Å². The van der Waals surface area contributed by atoms with Crippen LogP contribution in [0.2, 0.25) is 0 Å². The summed E-state index contributed by atoms with van der Waals surface area (Å²) in [5.74, 6) is -0.227. The summed E-state index contributed by atoms with van der Waals surface area (Å²) in [6, 6.07) is 3.52. The van der Waals surface area contributed by atoms with E-state index in [9.17, 15) is 4.79 Å². The zero-order valence-electron chi connectivity index (χ0n) is 10.6. The number of carbonyl (C=O) groups excluding carboxylic acids is 1. The molecule has 0 saturated heterocycles. The predicted molar refractivity (Wildman–Crippen MR) is 74.6 cm³/mol. The summed E-state index contributed by atoms with van der Waals surface area (Å²) in [4.78, 5) is 17.1. The molecule has 4 nitrogen and oxygen atoms in total. The Bertz CT molecular complexity index is 649. The van der Waals surface area contributed by atoms with Gasteiger partial charge in [0.05, 0.1) is 12.8 Å². The number of hydrogen-bond acceptors (Lipinski definition) is 4. The van der Waals surface area contributed by atoms with Crippen molar-refractivity contribution < 1.29 is 9.53 Å². The van der Waals surface area contributed by atoms with Gasteiger partial charge in [-0.25, -0.2) is 4.98 Å². The molecule has 19 heavy (non-hydrogen) atoms. The van der Waals surface area contributed by atoms with Crippen molar-refractivity contribution in [2.24, 2.45) is 5.73 Å². The number of aryl methyl sites for hydroxylation is 1. The van der Waals surface area contributed by atoms with Crippen molar-refractivity contribution in [3.05, 3.63) is 33.5 Å². The number of ether oxygens (including phenoxy) is 1. The topological polar surface area (TPSA) is 65.2 Å². The highest BCUT2D eigenvalue weighted by molar-refractivity contribution is 7.10. The first-order valence-electron chi connectivity index (χ1n) is 6.15. The van der Waals surface area contributed by atoms with Gasteiger partial charge in [-0.05, 0) is 37.0 Å². The number of thiophene rings is 1. The van der Waals surface area contributed by atoms with Crippen LogP contribution in [-0.2, 0) is 12.8 Å². The van der Waals surface area contributed by atoms with Gasteiger partial charge in [0.25, 0.3) is 5.91 Å². The van der Waals surface area contributed by atoms with Gasteiger partial charge >= 0.3 is 0 Å². The average Bonchev–Trinajstić information content (AvgIpc) is 3.00. The maximum atomic E-state index is 11.3. The molecule has 1 aliphatic carbocycles. The SMILES string of the molecule is COc1nc(-c2csc3c2CCC3)ccc1C(N)=O. The summed E-state index contributed by atoms with van der Waals surface area (Å²) in [7, 11) is 1.50. The third-order valence-corrected chi connectivity index (χ3v) is 4.49. The van der Waals surface area contributed by atoms with Gasteiger partial charge in [0.2, 0.25) is 5.88 Å².